The van der Waals surface area contributed by atoms with Crippen molar-refractivity contribution in [2.45, 2.75) is 32.9 Å². The molecule has 4 aromatic rings. The summed E-state index contributed by atoms with van der Waals surface area (Å²) in [6, 6.07) is 18.1. The molecule has 2 heterocycles. The summed E-state index contributed by atoms with van der Waals surface area (Å²) in [7, 11) is 1.31. The van der Waals surface area contributed by atoms with Crippen molar-refractivity contribution in [1.29, 1.82) is 0 Å². The van der Waals surface area contributed by atoms with Crippen LogP contribution in [0.1, 0.15) is 28.7 Å². The van der Waals surface area contributed by atoms with E-state index in [0.717, 1.165) is 25.8 Å². The highest BCUT2D eigenvalue weighted by molar-refractivity contribution is 6.32. The molecule has 0 aliphatic rings. The van der Waals surface area contributed by atoms with Crippen LogP contribution in [0.15, 0.2) is 81.2 Å². The second-order valence-electron chi connectivity index (χ2n) is 9.25. The molecular formula is C30H26Cl2N4O4. The fourth-order valence-electron chi connectivity index (χ4n) is 3.99. The van der Waals surface area contributed by atoms with Crippen LogP contribution in [-0.2, 0) is 31.4 Å². The minimum Gasteiger partial charge on any atom is -0.319 e. The number of nitrogens with one attached hydrogen (secondary N) is 1. The van der Waals surface area contributed by atoms with Gasteiger partial charge in [0.2, 0.25) is 5.91 Å². The molecule has 0 saturated heterocycles. The Labute approximate surface area is 240 Å². The molecule has 2 aromatic heterocycles. The van der Waals surface area contributed by atoms with E-state index in [4.69, 9.17) is 23.2 Å². The van der Waals surface area contributed by atoms with Gasteiger partial charge in [0.25, 0.3) is 11.1 Å². The van der Waals surface area contributed by atoms with Crippen molar-refractivity contribution in [1.82, 2.24) is 13.7 Å². The Morgan fingerprint density at radius 1 is 0.975 bits per heavy atom. The van der Waals surface area contributed by atoms with Gasteiger partial charge in [-0.2, -0.15) is 0 Å². The molecule has 0 bridgehead atoms. The van der Waals surface area contributed by atoms with E-state index in [2.05, 4.69) is 17.2 Å². The number of carbonyl (C=O) groups is 1. The normalized spacial score (nSPS) is 10.6. The van der Waals surface area contributed by atoms with Gasteiger partial charge in [0.1, 0.15) is 10.8 Å². The van der Waals surface area contributed by atoms with Gasteiger partial charge in [-0.1, -0.05) is 77.0 Å². The standard InChI is InChI=1S/C30H26Cl2N4O4/c1-20-8-10-21(11-9-20)12-14-25(37)33-27-28(32)36(30(40)34(2)29(27)39)16-4-7-22-5-3-6-23(17-22)18-35-19-24(31)13-15-26(35)38/h3,5-6,8-11,13,15,17,19H,12,14,16,18H2,1-2H3,(H,33,37). The molecule has 8 nitrogen and oxygen atoms in total. The molecule has 10 heteroatoms. The number of halogens is 2. The van der Waals surface area contributed by atoms with E-state index in [1.54, 1.807) is 12.3 Å². The molecule has 0 radical (unpaired) electrons. The predicted molar refractivity (Wildman–Crippen MR) is 157 cm³/mol. The third-order valence-corrected chi connectivity index (χ3v) is 6.82. The second kappa shape index (κ2) is 12.7. The zero-order chi connectivity index (χ0) is 28.8. The van der Waals surface area contributed by atoms with E-state index in [0.29, 0.717) is 23.6 Å². The topological polar surface area (TPSA) is 95.1 Å². The van der Waals surface area contributed by atoms with Gasteiger partial charge in [0, 0.05) is 31.3 Å². The number of aromatic nitrogens is 3. The van der Waals surface area contributed by atoms with Gasteiger partial charge in [-0.3, -0.25) is 23.5 Å². The Morgan fingerprint density at radius 2 is 1.73 bits per heavy atom. The summed E-state index contributed by atoms with van der Waals surface area (Å²) in [6.45, 7) is 2.18. The lowest BCUT2D eigenvalue weighted by atomic mass is 10.1. The van der Waals surface area contributed by atoms with Crippen LogP contribution < -0.4 is 22.1 Å². The van der Waals surface area contributed by atoms with Gasteiger partial charge in [0.05, 0.1) is 18.1 Å². The van der Waals surface area contributed by atoms with Crippen molar-refractivity contribution in [3.05, 3.63) is 130 Å². The van der Waals surface area contributed by atoms with Crippen LogP contribution in [0.3, 0.4) is 0 Å². The molecule has 1 N–H and O–H groups in total. The molecule has 1 amide bonds. The third kappa shape index (κ3) is 7.00. The SMILES string of the molecule is Cc1ccc(CCC(=O)Nc2c(Cl)n(CC#Cc3cccc(Cn4cc(Cl)ccc4=O)c3)c(=O)n(C)c2=O)cc1. The summed E-state index contributed by atoms with van der Waals surface area (Å²) in [5.41, 5.74) is 1.90. The molecule has 2 aromatic carbocycles. The molecule has 0 aliphatic heterocycles. The van der Waals surface area contributed by atoms with Crippen LogP contribution in [0.2, 0.25) is 10.2 Å². The minimum atomic E-state index is -0.702. The molecule has 0 saturated carbocycles. The lowest BCUT2D eigenvalue weighted by Crippen LogP contribution is -2.40. The van der Waals surface area contributed by atoms with Crippen molar-refractivity contribution >= 4 is 34.8 Å². The number of carbonyl (C=O) groups excluding carboxylic acids is 1. The smallest absolute Gasteiger partial charge is 0.319 e. The first-order chi connectivity index (χ1) is 19.1. The molecule has 0 aliphatic carbocycles. The van der Waals surface area contributed by atoms with E-state index >= 15 is 0 Å². The maximum Gasteiger partial charge on any atom is 0.332 e. The van der Waals surface area contributed by atoms with Gasteiger partial charge in [0.15, 0.2) is 0 Å². The first kappa shape index (κ1) is 28.7. The fraction of sp³-hybridized carbons (Fsp3) is 0.200. The molecular weight excluding hydrogens is 551 g/mol. The van der Waals surface area contributed by atoms with Crippen LogP contribution in [-0.4, -0.2) is 19.6 Å². The number of rotatable bonds is 7. The van der Waals surface area contributed by atoms with Crippen molar-refractivity contribution in [2.24, 2.45) is 7.05 Å². The van der Waals surface area contributed by atoms with Gasteiger partial charge < -0.3 is 9.88 Å². The summed E-state index contributed by atoms with van der Waals surface area (Å²) in [4.78, 5) is 50.2. The van der Waals surface area contributed by atoms with Crippen molar-refractivity contribution in [2.75, 3.05) is 5.32 Å². The summed E-state index contributed by atoms with van der Waals surface area (Å²) >= 11 is 12.4. The Kier molecular flexibility index (Phi) is 9.10. The maximum absolute atomic E-state index is 12.8. The maximum atomic E-state index is 12.8. The van der Waals surface area contributed by atoms with Crippen molar-refractivity contribution < 1.29 is 4.79 Å². The molecule has 40 heavy (non-hydrogen) atoms. The first-order valence-corrected chi connectivity index (χ1v) is 13.2. The molecule has 0 atom stereocenters. The molecule has 0 unspecified atom stereocenters. The van der Waals surface area contributed by atoms with Gasteiger partial charge in [-0.25, -0.2) is 4.79 Å². The molecule has 0 fully saturated rings. The van der Waals surface area contributed by atoms with E-state index in [9.17, 15) is 19.2 Å². The molecule has 0 spiro atoms. The van der Waals surface area contributed by atoms with Crippen LogP contribution in [0.25, 0.3) is 0 Å². The minimum absolute atomic E-state index is 0.115. The number of anilines is 1. The van der Waals surface area contributed by atoms with E-state index in [1.165, 1.54) is 23.7 Å². The van der Waals surface area contributed by atoms with Crippen LogP contribution >= 0.6 is 23.2 Å². The average Bonchev–Trinajstić information content (AvgIpc) is 2.94. The highest BCUT2D eigenvalue weighted by Crippen LogP contribution is 2.16. The highest BCUT2D eigenvalue weighted by atomic mass is 35.5. The lowest BCUT2D eigenvalue weighted by Gasteiger charge is -2.13. The van der Waals surface area contributed by atoms with Crippen molar-refractivity contribution in [3.8, 4) is 11.8 Å². The number of benzene rings is 2. The Bertz CT molecular complexity index is 1810. The number of hydrogen-bond acceptors (Lipinski definition) is 4. The zero-order valence-corrected chi connectivity index (χ0v) is 23.4. The Morgan fingerprint density at radius 3 is 2.48 bits per heavy atom. The molecule has 204 valence electrons. The van der Waals surface area contributed by atoms with Crippen LogP contribution in [0.5, 0.6) is 0 Å². The van der Waals surface area contributed by atoms with Crippen LogP contribution in [0.4, 0.5) is 5.69 Å². The van der Waals surface area contributed by atoms with E-state index in [1.807, 2.05) is 49.4 Å². The van der Waals surface area contributed by atoms with Gasteiger partial charge >= 0.3 is 5.69 Å². The summed E-state index contributed by atoms with van der Waals surface area (Å²) in [6.07, 6.45) is 2.19. The monoisotopic (exact) mass is 576 g/mol. The number of aryl methyl sites for hydroxylation is 2. The van der Waals surface area contributed by atoms with Gasteiger partial charge in [-0.15, -0.1) is 0 Å². The second-order valence-corrected chi connectivity index (χ2v) is 10.0. The molecule has 4 rings (SSSR count). The summed E-state index contributed by atoms with van der Waals surface area (Å²) < 4.78 is 3.50. The summed E-state index contributed by atoms with van der Waals surface area (Å²) in [5.74, 6) is 5.48. The Balaban J connectivity index is 1.50. The first-order valence-electron chi connectivity index (χ1n) is 12.4. The largest absolute Gasteiger partial charge is 0.332 e. The fourth-order valence-corrected chi connectivity index (χ4v) is 4.43. The lowest BCUT2D eigenvalue weighted by molar-refractivity contribution is -0.116. The highest BCUT2D eigenvalue weighted by Gasteiger charge is 2.18. The Hall–Kier alpha value is -4.32. The third-order valence-electron chi connectivity index (χ3n) is 6.20. The van der Waals surface area contributed by atoms with Gasteiger partial charge in [-0.05, 0) is 42.7 Å². The van der Waals surface area contributed by atoms with Crippen LogP contribution in [0, 0.1) is 18.8 Å². The zero-order valence-electron chi connectivity index (χ0n) is 21.9. The van der Waals surface area contributed by atoms with E-state index in [-0.39, 0.29) is 29.4 Å². The van der Waals surface area contributed by atoms with E-state index < -0.39 is 17.2 Å². The quantitative estimate of drug-likeness (QED) is 0.266. The number of amides is 1. The number of pyridine rings is 1. The van der Waals surface area contributed by atoms with Crippen molar-refractivity contribution in [3.63, 3.8) is 0 Å². The number of hydrogen-bond donors (Lipinski definition) is 1. The summed E-state index contributed by atoms with van der Waals surface area (Å²) in [5, 5.41) is 2.83. The average molecular weight is 577 g/mol. The predicted octanol–water partition coefficient (Wildman–Crippen LogP) is 4.00. The number of nitrogens with zero attached hydrogens (tertiary/aromatic N) is 3.